The Morgan fingerprint density at radius 2 is 1.76 bits per heavy atom. The van der Waals surface area contributed by atoms with Crippen molar-refractivity contribution in [2.45, 2.75) is 49.5 Å². The molecule has 0 N–H and O–H groups in total. The van der Waals surface area contributed by atoms with E-state index in [-0.39, 0.29) is 0 Å². The second-order valence-corrected chi connectivity index (χ2v) is 9.62. The van der Waals surface area contributed by atoms with E-state index in [0.29, 0.717) is 29.6 Å². The average Bonchev–Trinajstić information content (AvgIpc) is 3.44. The van der Waals surface area contributed by atoms with E-state index < -0.39 is 16.1 Å². The lowest BCUT2D eigenvalue weighted by Crippen LogP contribution is -2.31. The minimum absolute atomic E-state index is 0.364. The molecule has 6 nitrogen and oxygen atoms in total. The Hall–Kier alpha value is -2.51. The van der Waals surface area contributed by atoms with Gasteiger partial charge in [0.15, 0.2) is 0 Å². The molecule has 7 heteroatoms. The number of benzene rings is 2. The quantitative estimate of drug-likeness (QED) is 0.647. The van der Waals surface area contributed by atoms with Crippen molar-refractivity contribution in [3.05, 3.63) is 65.5 Å². The van der Waals surface area contributed by atoms with Gasteiger partial charge in [-0.1, -0.05) is 41.6 Å². The highest BCUT2D eigenvalue weighted by molar-refractivity contribution is 7.89. The van der Waals surface area contributed by atoms with Crippen molar-refractivity contribution in [3.63, 3.8) is 0 Å². The van der Waals surface area contributed by atoms with Crippen LogP contribution in [0.15, 0.2) is 57.9 Å². The first kappa shape index (κ1) is 18.5. The predicted octanol–water partition coefficient (Wildman–Crippen LogP) is 4.14. The molecule has 3 aromatic rings. The molecular formula is C22H23N3O3S. The third kappa shape index (κ3) is 3.38. The molecule has 29 heavy (non-hydrogen) atoms. The summed E-state index contributed by atoms with van der Waals surface area (Å²) in [5.41, 5.74) is 3.29. The Bertz CT molecular complexity index is 1130. The molecule has 0 radical (unpaired) electrons. The molecule has 0 amide bonds. The van der Waals surface area contributed by atoms with Crippen LogP contribution >= 0.6 is 0 Å². The zero-order chi connectivity index (χ0) is 19.8. The summed E-state index contributed by atoms with van der Waals surface area (Å²) in [6.45, 7) is 0.465. The van der Waals surface area contributed by atoms with E-state index in [1.54, 1.807) is 6.07 Å². The summed E-state index contributed by atoms with van der Waals surface area (Å²) in [7, 11) is -3.62. The fraction of sp³-hybridized carbons (Fsp3) is 0.364. The van der Waals surface area contributed by atoms with Crippen LogP contribution in [0.1, 0.15) is 48.7 Å². The van der Waals surface area contributed by atoms with Crippen LogP contribution in [0.25, 0.3) is 11.4 Å². The van der Waals surface area contributed by atoms with Gasteiger partial charge in [0.1, 0.15) is 6.04 Å². The molecule has 0 bridgehead atoms. The number of hydrogen-bond acceptors (Lipinski definition) is 5. The first-order chi connectivity index (χ1) is 14.1. The van der Waals surface area contributed by atoms with Crippen LogP contribution in [-0.2, 0) is 22.9 Å². The lowest BCUT2D eigenvalue weighted by atomic mass is 9.92. The van der Waals surface area contributed by atoms with Crippen molar-refractivity contribution in [2.75, 3.05) is 6.54 Å². The van der Waals surface area contributed by atoms with Crippen LogP contribution in [0.4, 0.5) is 0 Å². The van der Waals surface area contributed by atoms with Crippen molar-refractivity contribution in [3.8, 4) is 11.4 Å². The van der Waals surface area contributed by atoms with Crippen LogP contribution < -0.4 is 0 Å². The van der Waals surface area contributed by atoms with Crippen molar-refractivity contribution >= 4 is 10.0 Å². The highest BCUT2D eigenvalue weighted by atomic mass is 32.2. The van der Waals surface area contributed by atoms with E-state index in [2.05, 4.69) is 10.1 Å². The highest BCUT2D eigenvalue weighted by Crippen LogP contribution is 2.37. The number of nitrogens with zero attached hydrogens (tertiary/aromatic N) is 3. The molecule has 0 saturated carbocycles. The molecule has 0 spiro atoms. The van der Waals surface area contributed by atoms with Crippen molar-refractivity contribution < 1.29 is 12.9 Å². The van der Waals surface area contributed by atoms with E-state index in [1.807, 2.05) is 42.5 Å². The third-order valence-corrected chi connectivity index (χ3v) is 7.79. The van der Waals surface area contributed by atoms with Crippen LogP contribution in [0.3, 0.4) is 0 Å². The topological polar surface area (TPSA) is 76.3 Å². The van der Waals surface area contributed by atoms with E-state index >= 15 is 0 Å². The summed E-state index contributed by atoms with van der Waals surface area (Å²) in [6, 6.07) is 14.7. The standard InChI is InChI=1S/C22H23N3O3S/c26-29(27,19-13-12-16-7-4-5-10-18(16)15-19)25-14-6-11-20(25)22-23-21(24-28-22)17-8-2-1-3-9-17/h1-3,8-9,12-13,15,20H,4-7,10-11,14H2/t20-/m1/s1. The molecule has 1 atom stereocenters. The lowest BCUT2D eigenvalue weighted by Gasteiger charge is -2.23. The number of sulfonamides is 1. The molecule has 1 aliphatic carbocycles. The van der Waals surface area contributed by atoms with Gasteiger partial charge < -0.3 is 4.52 Å². The minimum Gasteiger partial charge on any atom is -0.337 e. The molecular weight excluding hydrogens is 386 g/mol. The molecule has 0 unspecified atom stereocenters. The molecule has 1 aliphatic heterocycles. The van der Waals surface area contributed by atoms with Crippen LogP contribution in [0.2, 0.25) is 0 Å². The minimum atomic E-state index is -3.62. The smallest absolute Gasteiger partial charge is 0.245 e. The zero-order valence-electron chi connectivity index (χ0n) is 16.1. The Morgan fingerprint density at radius 1 is 0.966 bits per heavy atom. The van der Waals surface area contributed by atoms with Gasteiger partial charge in [-0.3, -0.25) is 0 Å². The van der Waals surface area contributed by atoms with Gasteiger partial charge in [-0.2, -0.15) is 9.29 Å². The van der Waals surface area contributed by atoms with E-state index in [0.717, 1.165) is 36.8 Å². The normalized spacial score (nSPS) is 19.9. The molecule has 150 valence electrons. The maximum absolute atomic E-state index is 13.4. The number of rotatable bonds is 4. The average molecular weight is 410 g/mol. The molecule has 1 fully saturated rings. The van der Waals surface area contributed by atoms with Crippen molar-refractivity contribution in [2.24, 2.45) is 0 Å². The molecule has 1 saturated heterocycles. The Balaban J connectivity index is 1.45. The van der Waals surface area contributed by atoms with E-state index in [1.165, 1.54) is 16.3 Å². The molecule has 5 rings (SSSR count). The molecule has 2 aromatic carbocycles. The zero-order valence-corrected chi connectivity index (χ0v) is 16.9. The van der Waals surface area contributed by atoms with Crippen molar-refractivity contribution in [1.29, 1.82) is 0 Å². The Morgan fingerprint density at radius 3 is 2.59 bits per heavy atom. The molecule has 1 aromatic heterocycles. The maximum atomic E-state index is 13.4. The van der Waals surface area contributed by atoms with Gasteiger partial charge in [0.25, 0.3) is 0 Å². The summed E-state index contributed by atoms with van der Waals surface area (Å²) in [6.07, 6.45) is 5.73. The first-order valence-corrected chi connectivity index (χ1v) is 11.6. The second-order valence-electron chi connectivity index (χ2n) is 7.73. The summed E-state index contributed by atoms with van der Waals surface area (Å²) in [4.78, 5) is 4.87. The number of aryl methyl sites for hydroxylation is 2. The van der Waals surface area contributed by atoms with Gasteiger partial charge in [-0.05, 0) is 61.8 Å². The number of fused-ring (bicyclic) bond motifs is 1. The van der Waals surface area contributed by atoms with Gasteiger partial charge in [-0.25, -0.2) is 8.42 Å². The monoisotopic (exact) mass is 409 g/mol. The van der Waals surface area contributed by atoms with Crippen LogP contribution in [-0.4, -0.2) is 29.4 Å². The van der Waals surface area contributed by atoms with Gasteiger partial charge in [0.2, 0.25) is 21.7 Å². The molecule has 2 heterocycles. The van der Waals surface area contributed by atoms with Crippen LogP contribution in [0.5, 0.6) is 0 Å². The Kier molecular flexibility index (Phi) is 4.72. The fourth-order valence-electron chi connectivity index (χ4n) is 4.36. The number of hydrogen-bond donors (Lipinski definition) is 0. The lowest BCUT2D eigenvalue weighted by molar-refractivity contribution is 0.290. The van der Waals surface area contributed by atoms with Gasteiger partial charge >= 0.3 is 0 Å². The third-order valence-electron chi connectivity index (χ3n) is 5.89. The highest BCUT2D eigenvalue weighted by Gasteiger charge is 2.39. The summed E-state index contributed by atoms with van der Waals surface area (Å²) >= 11 is 0. The maximum Gasteiger partial charge on any atom is 0.245 e. The van der Waals surface area contributed by atoms with E-state index in [4.69, 9.17) is 4.52 Å². The predicted molar refractivity (Wildman–Crippen MR) is 109 cm³/mol. The number of aromatic nitrogens is 2. The van der Waals surface area contributed by atoms with Crippen LogP contribution in [0, 0.1) is 0 Å². The summed E-state index contributed by atoms with van der Waals surface area (Å²) in [5.74, 6) is 0.849. The SMILES string of the molecule is O=S(=O)(c1ccc2c(c1)CCCC2)N1CCC[C@@H]1c1nc(-c2ccccc2)no1. The summed E-state index contributed by atoms with van der Waals surface area (Å²) < 4.78 is 33.8. The fourth-order valence-corrected chi connectivity index (χ4v) is 6.06. The van der Waals surface area contributed by atoms with Gasteiger partial charge in [0.05, 0.1) is 4.90 Å². The van der Waals surface area contributed by atoms with Crippen molar-refractivity contribution in [1.82, 2.24) is 14.4 Å². The van der Waals surface area contributed by atoms with Gasteiger partial charge in [0, 0.05) is 12.1 Å². The largest absolute Gasteiger partial charge is 0.337 e. The second kappa shape index (κ2) is 7.39. The van der Waals surface area contributed by atoms with Gasteiger partial charge in [-0.15, -0.1) is 0 Å². The first-order valence-electron chi connectivity index (χ1n) is 10.2. The summed E-state index contributed by atoms with van der Waals surface area (Å²) in [5, 5.41) is 4.07. The van der Waals surface area contributed by atoms with E-state index in [9.17, 15) is 8.42 Å². The Labute approximate surface area is 170 Å². The molecule has 2 aliphatic rings.